The molecule has 2 aliphatic heterocycles. The molecule has 0 spiro atoms. The summed E-state index contributed by atoms with van der Waals surface area (Å²) < 4.78 is 14.0. The number of carbonyl (C=O) groups is 3. The highest BCUT2D eigenvalue weighted by atomic mass is 35.5. The third-order valence-corrected chi connectivity index (χ3v) is 8.49. The van der Waals surface area contributed by atoms with Crippen LogP contribution in [-0.2, 0) is 4.79 Å². The molecule has 3 amide bonds. The minimum absolute atomic E-state index is 0.156. The smallest absolute Gasteiger partial charge is 0.264 e. The number of amides is 3. The molecule has 0 unspecified atom stereocenters. The first kappa shape index (κ1) is 22.6. The summed E-state index contributed by atoms with van der Waals surface area (Å²) in [5.41, 5.74) is 0.628. The lowest BCUT2D eigenvalue weighted by atomic mass is 9.90. The van der Waals surface area contributed by atoms with Crippen molar-refractivity contribution in [2.24, 2.45) is 0 Å². The van der Waals surface area contributed by atoms with Gasteiger partial charge in [0.05, 0.1) is 36.9 Å². The van der Waals surface area contributed by atoms with Crippen molar-refractivity contribution in [3.8, 4) is 0 Å². The van der Waals surface area contributed by atoms with Crippen molar-refractivity contribution in [2.45, 2.75) is 19.0 Å². The topological polar surface area (TPSA) is 57.7 Å². The first-order valence-corrected chi connectivity index (χ1v) is 11.9. The summed E-state index contributed by atoms with van der Waals surface area (Å²) in [7, 11) is 0. The Balaban J connectivity index is 1.64. The van der Waals surface area contributed by atoms with Gasteiger partial charge in [-0.2, -0.15) is 0 Å². The van der Waals surface area contributed by atoms with Crippen molar-refractivity contribution >= 4 is 81.1 Å². The average Bonchev–Trinajstić information content (AvgIpc) is 3.39. The van der Waals surface area contributed by atoms with Gasteiger partial charge in [-0.3, -0.25) is 24.2 Å². The Labute approximate surface area is 211 Å². The Morgan fingerprint density at radius 3 is 2.00 bits per heavy atom. The van der Waals surface area contributed by atoms with Crippen LogP contribution in [0.4, 0.5) is 10.1 Å². The van der Waals surface area contributed by atoms with Crippen molar-refractivity contribution in [3.63, 3.8) is 0 Å². The maximum absolute atomic E-state index is 14.0. The van der Waals surface area contributed by atoms with Crippen molar-refractivity contribution in [2.75, 3.05) is 4.90 Å². The number of β-lactam (4-membered cyclic amide) rings is 1. The van der Waals surface area contributed by atoms with Gasteiger partial charge < -0.3 is 0 Å². The molecule has 1 fully saturated rings. The number of benzene rings is 2. The number of aryl methyl sites for hydroxylation is 1. The van der Waals surface area contributed by atoms with Crippen LogP contribution in [0.15, 0.2) is 35.7 Å². The van der Waals surface area contributed by atoms with Gasteiger partial charge in [-0.1, -0.05) is 58.5 Å². The minimum Gasteiger partial charge on any atom is -0.299 e. The van der Waals surface area contributed by atoms with Crippen LogP contribution >= 0.6 is 57.7 Å². The highest BCUT2D eigenvalue weighted by molar-refractivity contribution is 7.10. The lowest BCUT2D eigenvalue weighted by Gasteiger charge is -2.49. The molecule has 33 heavy (non-hydrogen) atoms. The van der Waals surface area contributed by atoms with Gasteiger partial charge in [0.2, 0.25) is 0 Å². The van der Waals surface area contributed by atoms with Crippen LogP contribution in [0, 0.1) is 12.7 Å². The summed E-state index contributed by atoms with van der Waals surface area (Å²) in [4.78, 5) is 43.0. The highest BCUT2D eigenvalue weighted by Gasteiger charge is 2.59. The van der Waals surface area contributed by atoms with E-state index in [4.69, 9.17) is 46.4 Å². The summed E-state index contributed by atoms with van der Waals surface area (Å²) in [5.74, 6) is -2.65. The molecule has 0 radical (unpaired) electrons. The molecule has 0 aliphatic carbocycles. The van der Waals surface area contributed by atoms with Crippen LogP contribution in [0.3, 0.4) is 0 Å². The molecule has 168 valence electrons. The van der Waals surface area contributed by atoms with E-state index in [2.05, 4.69) is 0 Å². The molecule has 5 nitrogen and oxygen atoms in total. The number of thiophene rings is 1. The van der Waals surface area contributed by atoms with E-state index >= 15 is 0 Å². The van der Waals surface area contributed by atoms with Crippen molar-refractivity contribution < 1.29 is 18.8 Å². The average molecular weight is 544 g/mol. The summed E-state index contributed by atoms with van der Waals surface area (Å²) in [6, 6.07) is 5.77. The number of imide groups is 1. The third kappa shape index (κ3) is 3.14. The van der Waals surface area contributed by atoms with Crippen molar-refractivity contribution in [3.05, 3.63) is 83.2 Å². The van der Waals surface area contributed by atoms with Gasteiger partial charge >= 0.3 is 0 Å². The summed E-state index contributed by atoms with van der Waals surface area (Å²) in [5, 5.41) is 1.08. The Hall–Kier alpha value is -2.16. The van der Waals surface area contributed by atoms with Gasteiger partial charge in [0, 0.05) is 4.88 Å². The second kappa shape index (κ2) is 7.96. The Bertz CT molecular complexity index is 1330. The number of nitrogens with zero attached hydrogens (tertiary/aromatic N) is 2. The van der Waals surface area contributed by atoms with Crippen LogP contribution in [0.2, 0.25) is 20.1 Å². The lowest BCUT2D eigenvalue weighted by molar-refractivity contribution is -0.130. The van der Waals surface area contributed by atoms with Gasteiger partial charge in [0.1, 0.15) is 17.9 Å². The summed E-state index contributed by atoms with van der Waals surface area (Å²) in [6.07, 6.45) is 0. The number of carbonyl (C=O) groups excluding carboxylic acids is 3. The van der Waals surface area contributed by atoms with Crippen LogP contribution in [0.1, 0.15) is 37.2 Å². The number of rotatable bonds is 3. The first-order chi connectivity index (χ1) is 15.6. The third-order valence-electron chi connectivity index (χ3n) is 5.74. The van der Waals surface area contributed by atoms with E-state index in [1.807, 2.05) is 5.38 Å². The second-order valence-corrected chi connectivity index (χ2v) is 10.0. The maximum Gasteiger partial charge on any atom is 0.264 e. The number of hydrogen-bond donors (Lipinski definition) is 0. The maximum atomic E-state index is 14.0. The largest absolute Gasteiger partial charge is 0.299 e. The van der Waals surface area contributed by atoms with E-state index < -0.39 is 35.6 Å². The van der Waals surface area contributed by atoms with Gasteiger partial charge in [-0.05, 0) is 36.1 Å². The molecule has 2 atom stereocenters. The highest BCUT2D eigenvalue weighted by Crippen LogP contribution is 2.50. The van der Waals surface area contributed by atoms with E-state index in [-0.39, 0.29) is 31.2 Å². The van der Waals surface area contributed by atoms with Gasteiger partial charge in [-0.15, -0.1) is 11.3 Å². The van der Waals surface area contributed by atoms with E-state index in [0.717, 1.165) is 4.90 Å². The molecule has 3 heterocycles. The van der Waals surface area contributed by atoms with Crippen LogP contribution < -0.4 is 4.90 Å². The SMILES string of the molecule is Cc1ccc(F)cc1N1C(=O)[C@@H](N2C(=O)c3c(Cl)c(Cl)c(Cl)c(Cl)c3C2=O)[C@@H]1c1cccs1. The van der Waals surface area contributed by atoms with Gasteiger partial charge in [0.25, 0.3) is 17.7 Å². The number of halogens is 5. The van der Waals surface area contributed by atoms with Gasteiger partial charge in [-0.25, -0.2) is 4.39 Å². The van der Waals surface area contributed by atoms with Gasteiger partial charge in [0.15, 0.2) is 0 Å². The molecule has 3 aromatic rings. The predicted molar refractivity (Wildman–Crippen MR) is 126 cm³/mol. The monoisotopic (exact) mass is 542 g/mol. The molecule has 2 aromatic carbocycles. The molecule has 1 aromatic heterocycles. The number of fused-ring (bicyclic) bond motifs is 1. The van der Waals surface area contributed by atoms with E-state index in [0.29, 0.717) is 16.1 Å². The Morgan fingerprint density at radius 1 is 0.848 bits per heavy atom. The number of anilines is 1. The van der Waals surface area contributed by atoms with Crippen LogP contribution in [0.25, 0.3) is 0 Å². The van der Waals surface area contributed by atoms with E-state index in [9.17, 15) is 18.8 Å². The fourth-order valence-electron chi connectivity index (χ4n) is 4.20. The van der Waals surface area contributed by atoms with Crippen LogP contribution in [0.5, 0.6) is 0 Å². The first-order valence-electron chi connectivity index (χ1n) is 9.51. The quantitative estimate of drug-likeness (QED) is 0.163. The zero-order chi connectivity index (χ0) is 23.8. The molecular weight excluding hydrogens is 533 g/mol. The predicted octanol–water partition coefficient (Wildman–Crippen LogP) is 6.56. The van der Waals surface area contributed by atoms with Crippen LogP contribution in [-0.4, -0.2) is 28.7 Å². The Kier molecular flexibility index (Phi) is 5.46. The van der Waals surface area contributed by atoms with Crippen molar-refractivity contribution in [1.29, 1.82) is 0 Å². The fourth-order valence-corrected chi connectivity index (χ4v) is 6.06. The molecule has 0 N–H and O–H groups in total. The van der Waals surface area contributed by atoms with E-state index in [1.165, 1.54) is 28.4 Å². The molecular formula is C22H11Cl4FN2O3S. The summed E-state index contributed by atoms with van der Waals surface area (Å²) >= 11 is 26.0. The summed E-state index contributed by atoms with van der Waals surface area (Å²) in [6.45, 7) is 1.74. The molecule has 2 aliphatic rings. The normalized spacial score (nSPS) is 19.9. The molecule has 0 bridgehead atoms. The Morgan fingerprint density at radius 2 is 1.45 bits per heavy atom. The molecule has 0 saturated carbocycles. The second-order valence-electron chi connectivity index (χ2n) is 7.53. The molecule has 1 saturated heterocycles. The zero-order valence-electron chi connectivity index (χ0n) is 16.5. The lowest BCUT2D eigenvalue weighted by Crippen LogP contribution is -2.67. The van der Waals surface area contributed by atoms with E-state index in [1.54, 1.807) is 25.1 Å². The standard InChI is InChI=1S/C22H11Cl4FN2O3S/c1-8-4-5-9(27)7-10(8)28-18(11-3-2-6-33-11)19(22(28)32)29-20(30)12-13(21(29)31)15(24)17(26)16(25)14(12)23/h2-7,18-19H,1H3/t18-,19-/m0/s1. The zero-order valence-corrected chi connectivity index (χ0v) is 20.4. The molecule has 5 rings (SSSR count). The minimum atomic E-state index is -1.18. The fraction of sp³-hybridized carbons (Fsp3) is 0.136. The number of hydrogen-bond acceptors (Lipinski definition) is 4. The molecule has 11 heteroatoms. The van der Waals surface area contributed by atoms with Crippen molar-refractivity contribution in [1.82, 2.24) is 4.90 Å².